The molecule has 138 valence electrons. The summed E-state index contributed by atoms with van der Waals surface area (Å²) in [5, 5.41) is 7.40. The Morgan fingerprint density at radius 2 is 1.73 bits per heavy atom. The van der Waals surface area contributed by atoms with Gasteiger partial charge in [0.2, 0.25) is 5.91 Å². The number of aryl methyl sites for hydroxylation is 1. The van der Waals surface area contributed by atoms with Crippen molar-refractivity contribution in [2.24, 2.45) is 0 Å². The lowest BCUT2D eigenvalue weighted by Gasteiger charge is -2.13. The number of para-hydroxylation sites is 1. The molecule has 0 aliphatic heterocycles. The van der Waals surface area contributed by atoms with Gasteiger partial charge in [-0.05, 0) is 36.8 Å². The third kappa shape index (κ3) is 6.12. The summed E-state index contributed by atoms with van der Waals surface area (Å²) in [4.78, 5) is 23.8. The summed E-state index contributed by atoms with van der Waals surface area (Å²) in [5.41, 5.74) is 1.97. The van der Waals surface area contributed by atoms with Crippen LogP contribution in [-0.4, -0.2) is 31.1 Å². The third-order valence-corrected chi connectivity index (χ3v) is 3.45. The highest BCUT2D eigenvalue weighted by atomic mass is 19.4. The average molecular weight is 365 g/mol. The monoisotopic (exact) mass is 365 g/mol. The first-order valence-corrected chi connectivity index (χ1v) is 7.79. The molecule has 2 rings (SSSR count). The van der Waals surface area contributed by atoms with E-state index in [9.17, 15) is 22.8 Å². The summed E-state index contributed by atoms with van der Waals surface area (Å²) in [6.45, 7) is 0.306. The molecule has 0 saturated carbocycles. The zero-order valence-electron chi connectivity index (χ0n) is 14.0. The number of carbonyl (C=O) groups is 2. The van der Waals surface area contributed by atoms with Crippen molar-refractivity contribution in [3.63, 3.8) is 0 Å². The van der Waals surface area contributed by atoms with E-state index in [1.807, 2.05) is 11.4 Å². The second-order valence-corrected chi connectivity index (χ2v) is 5.60. The van der Waals surface area contributed by atoms with Crippen LogP contribution in [0, 0.1) is 6.92 Å². The van der Waals surface area contributed by atoms with Crippen molar-refractivity contribution in [3.8, 4) is 0 Å². The summed E-state index contributed by atoms with van der Waals surface area (Å²) >= 11 is 0. The quantitative estimate of drug-likeness (QED) is 0.735. The lowest BCUT2D eigenvalue weighted by molar-refractivity contribution is -0.123. The topological polar surface area (TPSA) is 70.2 Å². The van der Waals surface area contributed by atoms with Gasteiger partial charge in [0.05, 0.1) is 6.54 Å². The Labute approximate surface area is 148 Å². The van der Waals surface area contributed by atoms with Crippen molar-refractivity contribution in [2.75, 3.05) is 23.7 Å². The molecule has 0 aromatic heterocycles. The number of nitrogens with one attached hydrogen (secondary N) is 3. The van der Waals surface area contributed by atoms with Crippen molar-refractivity contribution in [3.05, 3.63) is 59.7 Å². The van der Waals surface area contributed by atoms with Crippen LogP contribution in [0.15, 0.2) is 48.5 Å². The molecule has 0 radical (unpaired) electrons. The van der Waals surface area contributed by atoms with Crippen molar-refractivity contribution >= 4 is 23.2 Å². The van der Waals surface area contributed by atoms with E-state index in [1.54, 1.807) is 37.3 Å². The molecule has 2 aromatic carbocycles. The molecular weight excluding hydrogens is 347 g/mol. The minimum atomic E-state index is -4.48. The highest BCUT2D eigenvalue weighted by Gasteiger charge is 2.27. The Morgan fingerprint density at radius 3 is 2.38 bits per heavy atom. The van der Waals surface area contributed by atoms with E-state index in [-0.39, 0.29) is 18.0 Å². The van der Waals surface area contributed by atoms with E-state index in [1.165, 1.54) is 12.1 Å². The zero-order chi connectivity index (χ0) is 19.2. The van der Waals surface area contributed by atoms with Gasteiger partial charge in [0.15, 0.2) is 0 Å². The second-order valence-electron chi connectivity index (χ2n) is 5.60. The van der Waals surface area contributed by atoms with Gasteiger partial charge < -0.3 is 16.0 Å². The Balaban J connectivity index is 1.96. The first kappa shape index (κ1) is 19.3. The molecular formula is C18H18F3N3O2. The number of anilines is 2. The molecule has 0 aliphatic carbocycles. The standard InChI is InChI=1S/C18H18F3N3O2/c1-12-7-8-13(17(26)23-11-18(19,20)21)9-15(12)22-10-16(25)24-14-5-3-2-4-6-14/h2-9,22H,10-11H2,1H3,(H,23,26)(H,24,25). The van der Waals surface area contributed by atoms with Gasteiger partial charge >= 0.3 is 6.18 Å². The molecule has 0 saturated heterocycles. The van der Waals surface area contributed by atoms with Crippen LogP contribution in [-0.2, 0) is 4.79 Å². The van der Waals surface area contributed by atoms with E-state index in [0.29, 0.717) is 11.4 Å². The van der Waals surface area contributed by atoms with Gasteiger partial charge in [-0.3, -0.25) is 9.59 Å². The number of rotatable bonds is 6. The van der Waals surface area contributed by atoms with Crippen molar-refractivity contribution in [1.82, 2.24) is 5.32 Å². The molecule has 8 heteroatoms. The van der Waals surface area contributed by atoms with Crippen LogP contribution in [0.4, 0.5) is 24.5 Å². The van der Waals surface area contributed by atoms with Crippen LogP contribution in [0.25, 0.3) is 0 Å². The molecule has 5 nitrogen and oxygen atoms in total. The summed E-state index contributed by atoms with van der Waals surface area (Å²) in [6, 6.07) is 13.3. The predicted molar refractivity (Wildman–Crippen MR) is 93.1 cm³/mol. The summed E-state index contributed by atoms with van der Waals surface area (Å²) in [5.74, 6) is -1.12. The molecule has 0 bridgehead atoms. The molecule has 3 N–H and O–H groups in total. The minimum absolute atomic E-state index is 0.0522. The number of halogens is 3. The summed E-state index contributed by atoms with van der Waals surface area (Å²) in [7, 11) is 0. The Bertz CT molecular complexity index is 777. The van der Waals surface area contributed by atoms with Gasteiger partial charge in [-0.2, -0.15) is 13.2 Å². The number of hydrogen-bond donors (Lipinski definition) is 3. The van der Waals surface area contributed by atoms with Gasteiger partial charge in [0, 0.05) is 16.9 Å². The van der Waals surface area contributed by atoms with E-state index < -0.39 is 18.6 Å². The molecule has 0 heterocycles. The fourth-order valence-corrected chi connectivity index (χ4v) is 2.14. The average Bonchev–Trinajstić information content (AvgIpc) is 2.59. The van der Waals surface area contributed by atoms with Gasteiger partial charge in [-0.1, -0.05) is 24.3 Å². The number of benzene rings is 2. The van der Waals surface area contributed by atoms with Crippen molar-refractivity contribution < 1.29 is 22.8 Å². The third-order valence-electron chi connectivity index (χ3n) is 3.45. The minimum Gasteiger partial charge on any atom is -0.376 e. The van der Waals surface area contributed by atoms with Gasteiger partial charge in [0.1, 0.15) is 6.54 Å². The largest absolute Gasteiger partial charge is 0.405 e. The number of hydrogen-bond acceptors (Lipinski definition) is 3. The van der Waals surface area contributed by atoms with E-state index >= 15 is 0 Å². The molecule has 0 unspecified atom stereocenters. The first-order valence-electron chi connectivity index (χ1n) is 7.79. The Hall–Kier alpha value is -3.03. The maximum atomic E-state index is 12.2. The van der Waals surface area contributed by atoms with Crippen LogP contribution < -0.4 is 16.0 Å². The lowest BCUT2D eigenvalue weighted by atomic mass is 10.1. The first-order chi connectivity index (χ1) is 12.2. The van der Waals surface area contributed by atoms with Crippen LogP contribution in [0.1, 0.15) is 15.9 Å². The Kier molecular flexibility index (Phi) is 6.21. The van der Waals surface area contributed by atoms with Gasteiger partial charge in [0.25, 0.3) is 5.91 Å². The highest BCUT2D eigenvalue weighted by Crippen LogP contribution is 2.18. The van der Waals surface area contributed by atoms with E-state index in [0.717, 1.165) is 5.56 Å². The normalized spacial score (nSPS) is 10.9. The molecule has 0 spiro atoms. The van der Waals surface area contributed by atoms with Crippen LogP contribution in [0.5, 0.6) is 0 Å². The summed E-state index contributed by atoms with van der Waals surface area (Å²) in [6.07, 6.45) is -4.48. The number of alkyl halides is 3. The SMILES string of the molecule is Cc1ccc(C(=O)NCC(F)(F)F)cc1NCC(=O)Nc1ccccc1. The van der Waals surface area contributed by atoms with Crippen LogP contribution in [0.3, 0.4) is 0 Å². The maximum absolute atomic E-state index is 12.2. The number of carbonyl (C=O) groups excluding carboxylic acids is 2. The van der Waals surface area contributed by atoms with Crippen LogP contribution in [0.2, 0.25) is 0 Å². The van der Waals surface area contributed by atoms with Crippen LogP contribution >= 0.6 is 0 Å². The smallest absolute Gasteiger partial charge is 0.376 e. The molecule has 2 aromatic rings. The zero-order valence-corrected chi connectivity index (χ0v) is 14.0. The molecule has 0 fully saturated rings. The molecule has 0 atom stereocenters. The van der Waals surface area contributed by atoms with E-state index in [2.05, 4.69) is 10.6 Å². The molecule has 26 heavy (non-hydrogen) atoms. The Morgan fingerprint density at radius 1 is 1.04 bits per heavy atom. The maximum Gasteiger partial charge on any atom is 0.405 e. The highest BCUT2D eigenvalue weighted by molar-refractivity contribution is 5.96. The lowest BCUT2D eigenvalue weighted by Crippen LogP contribution is -2.33. The van der Waals surface area contributed by atoms with E-state index in [4.69, 9.17) is 0 Å². The number of amides is 2. The predicted octanol–water partition coefficient (Wildman–Crippen LogP) is 3.34. The second kappa shape index (κ2) is 8.37. The summed E-state index contributed by atoms with van der Waals surface area (Å²) < 4.78 is 36.6. The van der Waals surface area contributed by atoms with Gasteiger partial charge in [-0.15, -0.1) is 0 Å². The van der Waals surface area contributed by atoms with Crippen molar-refractivity contribution in [1.29, 1.82) is 0 Å². The molecule has 0 aliphatic rings. The van der Waals surface area contributed by atoms with Gasteiger partial charge in [-0.25, -0.2) is 0 Å². The fraction of sp³-hybridized carbons (Fsp3) is 0.222. The van der Waals surface area contributed by atoms with Crippen molar-refractivity contribution in [2.45, 2.75) is 13.1 Å². The fourth-order valence-electron chi connectivity index (χ4n) is 2.14. The molecule has 2 amide bonds.